The Morgan fingerprint density at radius 2 is 1.67 bits per heavy atom. The van der Waals surface area contributed by atoms with E-state index in [-0.39, 0.29) is 32.9 Å². The van der Waals surface area contributed by atoms with Crippen molar-refractivity contribution in [1.29, 1.82) is 0 Å². The molecule has 0 fully saturated rings. The van der Waals surface area contributed by atoms with Crippen LogP contribution in [0, 0.1) is 0 Å². The molecule has 2 aliphatic rings. The highest BCUT2D eigenvalue weighted by atomic mass is 35.5. The van der Waals surface area contributed by atoms with Gasteiger partial charge in [-0.1, -0.05) is 29.3 Å². The molecular weight excluding hydrogens is 431 g/mol. The fourth-order valence-corrected chi connectivity index (χ4v) is 4.35. The normalized spacial score (nSPS) is 18.2. The smallest absolute Gasteiger partial charge is 0.341 e. The molecule has 0 bridgehead atoms. The zero-order valence-corrected chi connectivity index (χ0v) is 16.9. The summed E-state index contributed by atoms with van der Waals surface area (Å²) in [4.78, 5) is 24.2. The summed E-state index contributed by atoms with van der Waals surface area (Å²) in [5.74, 6) is -0.292. The molecule has 0 aliphatic carbocycles. The standard InChI is InChI=1S/C22H12Cl2O6/c1-10(25)28-12-3-5-14-18(9-12)29-17-8-11(26)2-4-13(17)22(14)15-6-7-16(23)20(24)19(15)21(27)30-22/h2-9,26H,1H3. The van der Waals surface area contributed by atoms with Gasteiger partial charge >= 0.3 is 11.9 Å². The third-order valence-electron chi connectivity index (χ3n) is 5.08. The summed E-state index contributed by atoms with van der Waals surface area (Å²) in [6, 6.07) is 12.6. The van der Waals surface area contributed by atoms with E-state index in [2.05, 4.69) is 0 Å². The van der Waals surface area contributed by atoms with Gasteiger partial charge in [0.05, 0.1) is 15.6 Å². The Kier molecular flexibility index (Phi) is 4.00. The highest BCUT2D eigenvalue weighted by Gasteiger charge is 2.54. The van der Waals surface area contributed by atoms with Crippen molar-refractivity contribution in [2.75, 3.05) is 0 Å². The van der Waals surface area contributed by atoms with E-state index in [9.17, 15) is 14.7 Å². The summed E-state index contributed by atoms with van der Waals surface area (Å²) in [6.45, 7) is 1.29. The van der Waals surface area contributed by atoms with Gasteiger partial charge in [-0.3, -0.25) is 4.79 Å². The Hall–Kier alpha value is -3.22. The molecule has 5 rings (SSSR count). The fraction of sp³-hybridized carbons (Fsp3) is 0.0909. The first-order valence-electron chi connectivity index (χ1n) is 8.87. The second kappa shape index (κ2) is 6.39. The minimum atomic E-state index is -1.37. The number of esters is 2. The van der Waals surface area contributed by atoms with E-state index in [1.54, 1.807) is 30.3 Å². The van der Waals surface area contributed by atoms with Crippen LogP contribution >= 0.6 is 23.2 Å². The molecule has 3 aromatic carbocycles. The molecule has 0 amide bonds. The van der Waals surface area contributed by atoms with Crippen LogP contribution in [0.25, 0.3) is 0 Å². The second-order valence-corrected chi connectivity index (χ2v) is 7.67. The molecule has 0 radical (unpaired) electrons. The maximum absolute atomic E-state index is 12.9. The number of halogens is 2. The lowest BCUT2D eigenvalue weighted by Gasteiger charge is -2.36. The van der Waals surface area contributed by atoms with Gasteiger partial charge in [0.15, 0.2) is 5.60 Å². The van der Waals surface area contributed by atoms with Gasteiger partial charge in [-0.2, -0.15) is 0 Å². The number of phenols is 1. The van der Waals surface area contributed by atoms with Gasteiger partial charge in [0.2, 0.25) is 0 Å². The van der Waals surface area contributed by atoms with Gasteiger partial charge in [-0.15, -0.1) is 0 Å². The van der Waals surface area contributed by atoms with Crippen LogP contribution in [0.2, 0.25) is 10.0 Å². The average molecular weight is 443 g/mol. The molecule has 2 aliphatic heterocycles. The summed E-state index contributed by atoms with van der Waals surface area (Å²) in [5, 5.41) is 10.3. The molecule has 0 saturated carbocycles. The van der Waals surface area contributed by atoms with Crippen molar-refractivity contribution in [1.82, 2.24) is 0 Å². The predicted octanol–water partition coefficient (Wildman–Crippen LogP) is 5.19. The number of hydrogen-bond acceptors (Lipinski definition) is 6. The summed E-state index contributed by atoms with van der Waals surface area (Å²) >= 11 is 12.5. The van der Waals surface area contributed by atoms with E-state index in [4.69, 9.17) is 37.4 Å². The number of ether oxygens (including phenoxy) is 3. The first kappa shape index (κ1) is 18.8. The molecule has 6 nitrogen and oxygen atoms in total. The van der Waals surface area contributed by atoms with E-state index in [0.29, 0.717) is 22.4 Å². The Morgan fingerprint density at radius 1 is 1.00 bits per heavy atom. The SMILES string of the molecule is CC(=O)Oc1ccc2c(c1)Oc1cc(O)ccc1C21OC(=O)c2c1ccc(Cl)c2Cl. The topological polar surface area (TPSA) is 82.1 Å². The molecule has 1 N–H and O–H groups in total. The molecule has 0 aromatic heterocycles. The van der Waals surface area contributed by atoms with Crippen molar-refractivity contribution in [3.05, 3.63) is 80.8 Å². The first-order valence-corrected chi connectivity index (χ1v) is 9.63. The fourth-order valence-electron chi connectivity index (χ4n) is 3.95. The Labute approximate surface area is 180 Å². The van der Waals surface area contributed by atoms with Crippen LogP contribution in [0.4, 0.5) is 0 Å². The summed E-state index contributed by atoms with van der Waals surface area (Å²) < 4.78 is 17.1. The third-order valence-corrected chi connectivity index (χ3v) is 5.89. The van der Waals surface area contributed by atoms with E-state index in [1.165, 1.54) is 25.1 Å². The van der Waals surface area contributed by atoms with E-state index >= 15 is 0 Å². The highest BCUT2D eigenvalue weighted by molar-refractivity contribution is 6.44. The van der Waals surface area contributed by atoms with E-state index in [0.717, 1.165) is 0 Å². The largest absolute Gasteiger partial charge is 0.508 e. The minimum Gasteiger partial charge on any atom is -0.508 e. The number of carbonyl (C=O) groups is 2. The zero-order chi connectivity index (χ0) is 21.2. The monoisotopic (exact) mass is 442 g/mol. The lowest BCUT2D eigenvalue weighted by atomic mass is 9.77. The van der Waals surface area contributed by atoms with Crippen LogP contribution in [0.15, 0.2) is 48.5 Å². The molecule has 1 atom stereocenters. The maximum atomic E-state index is 12.9. The average Bonchev–Trinajstić information content (AvgIpc) is 2.97. The maximum Gasteiger partial charge on any atom is 0.341 e. The summed E-state index contributed by atoms with van der Waals surface area (Å²) in [7, 11) is 0. The molecule has 2 heterocycles. The van der Waals surface area contributed by atoms with Crippen LogP contribution in [0.3, 0.4) is 0 Å². The number of carbonyl (C=O) groups excluding carboxylic acids is 2. The van der Waals surface area contributed by atoms with Crippen molar-refractivity contribution < 1.29 is 28.9 Å². The summed E-state index contributed by atoms with van der Waals surface area (Å²) in [5.41, 5.74) is 0.325. The molecule has 150 valence electrons. The van der Waals surface area contributed by atoms with Crippen molar-refractivity contribution in [3.63, 3.8) is 0 Å². The molecular formula is C22H12Cl2O6. The molecule has 1 unspecified atom stereocenters. The third kappa shape index (κ3) is 2.51. The number of fused-ring (bicyclic) bond motifs is 6. The lowest BCUT2D eigenvalue weighted by molar-refractivity contribution is -0.131. The molecule has 8 heteroatoms. The molecule has 0 saturated heterocycles. The van der Waals surface area contributed by atoms with Crippen molar-refractivity contribution in [2.24, 2.45) is 0 Å². The van der Waals surface area contributed by atoms with Crippen molar-refractivity contribution >= 4 is 35.1 Å². The minimum absolute atomic E-state index is 0.0258. The second-order valence-electron chi connectivity index (χ2n) is 6.89. The highest BCUT2D eigenvalue weighted by Crippen LogP contribution is 2.58. The predicted molar refractivity (Wildman–Crippen MR) is 108 cm³/mol. The van der Waals surface area contributed by atoms with Gasteiger partial charge < -0.3 is 19.3 Å². The Balaban J connectivity index is 1.84. The molecule has 30 heavy (non-hydrogen) atoms. The summed E-state index contributed by atoms with van der Waals surface area (Å²) in [6.07, 6.45) is 0. The van der Waals surface area contributed by atoms with Crippen molar-refractivity contribution in [2.45, 2.75) is 12.5 Å². The quantitative estimate of drug-likeness (QED) is 0.412. The van der Waals surface area contributed by atoms with Gasteiger partial charge in [-0.05, 0) is 30.3 Å². The van der Waals surface area contributed by atoms with E-state index in [1.807, 2.05) is 0 Å². The molecule has 3 aromatic rings. The zero-order valence-electron chi connectivity index (χ0n) is 15.4. The van der Waals surface area contributed by atoms with Crippen LogP contribution in [0.5, 0.6) is 23.0 Å². The number of rotatable bonds is 1. The van der Waals surface area contributed by atoms with Gasteiger partial charge in [0, 0.05) is 35.7 Å². The Morgan fingerprint density at radius 3 is 2.40 bits per heavy atom. The number of phenolic OH excluding ortho intramolecular Hbond substituents is 1. The Bertz CT molecular complexity index is 1270. The number of aromatic hydroxyl groups is 1. The number of benzene rings is 3. The van der Waals surface area contributed by atoms with Crippen LogP contribution in [-0.2, 0) is 15.1 Å². The van der Waals surface area contributed by atoms with Gasteiger partial charge in [0.25, 0.3) is 0 Å². The van der Waals surface area contributed by atoms with Crippen molar-refractivity contribution in [3.8, 4) is 23.0 Å². The lowest BCUT2D eigenvalue weighted by Crippen LogP contribution is -2.33. The van der Waals surface area contributed by atoms with Gasteiger partial charge in [-0.25, -0.2) is 4.79 Å². The van der Waals surface area contributed by atoms with E-state index < -0.39 is 17.5 Å². The molecule has 1 spiro atoms. The van der Waals surface area contributed by atoms with Gasteiger partial charge in [0.1, 0.15) is 23.0 Å². The van der Waals surface area contributed by atoms with Crippen LogP contribution in [-0.4, -0.2) is 17.0 Å². The number of hydrogen-bond donors (Lipinski definition) is 1. The first-order chi connectivity index (χ1) is 14.3. The van der Waals surface area contributed by atoms with Crippen LogP contribution < -0.4 is 9.47 Å². The van der Waals surface area contributed by atoms with Crippen LogP contribution in [0.1, 0.15) is 34.0 Å².